The minimum absolute atomic E-state index is 0.100. The second-order valence-corrected chi connectivity index (χ2v) is 15.7. The maximum Gasteiger partial charge on any atom is 0.0719 e. The highest BCUT2D eigenvalue weighted by Gasteiger charge is 2.53. The summed E-state index contributed by atoms with van der Waals surface area (Å²) in [6.07, 6.45) is 7.78. The van der Waals surface area contributed by atoms with E-state index in [4.69, 9.17) is 0 Å². The normalized spacial score (nSPS) is 16.9. The maximum atomic E-state index is 2.61. The largest absolute Gasteiger partial charge is 0.334 e. The number of allylic oxidation sites excluding steroid dienone is 2. The van der Waals surface area contributed by atoms with E-state index in [1.54, 1.807) is 0 Å². The van der Waals surface area contributed by atoms with Gasteiger partial charge in [-0.25, -0.2) is 0 Å². The monoisotopic (exact) mass is 693 g/mol. The number of benzene rings is 7. The van der Waals surface area contributed by atoms with Gasteiger partial charge < -0.3 is 4.90 Å². The van der Waals surface area contributed by atoms with Gasteiger partial charge in [0.05, 0.1) is 11.5 Å². The van der Waals surface area contributed by atoms with E-state index in [0.717, 1.165) is 6.42 Å². The smallest absolute Gasteiger partial charge is 0.0719 e. The van der Waals surface area contributed by atoms with Gasteiger partial charge in [0.25, 0.3) is 0 Å². The molecule has 0 heterocycles. The van der Waals surface area contributed by atoms with E-state index < -0.39 is 5.41 Å². The summed E-state index contributed by atoms with van der Waals surface area (Å²) in [5.74, 6) is 0. The lowest BCUT2D eigenvalue weighted by Gasteiger charge is -2.46. The van der Waals surface area contributed by atoms with Gasteiger partial charge in [-0.2, -0.15) is 0 Å². The van der Waals surface area contributed by atoms with Crippen LogP contribution in [-0.4, -0.2) is 6.04 Å². The molecule has 1 heteroatoms. The number of anilines is 2. The van der Waals surface area contributed by atoms with Crippen molar-refractivity contribution in [2.45, 2.75) is 44.1 Å². The summed E-state index contributed by atoms with van der Waals surface area (Å²) in [6.45, 7) is 7.01. The summed E-state index contributed by atoms with van der Waals surface area (Å²) < 4.78 is 0. The van der Waals surface area contributed by atoms with Gasteiger partial charge in [0.2, 0.25) is 0 Å². The fourth-order valence-electron chi connectivity index (χ4n) is 9.99. The molecule has 3 aliphatic carbocycles. The van der Waals surface area contributed by atoms with Gasteiger partial charge in [0.1, 0.15) is 0 Å². The molecule has 0 saturated carbocycles. The van der Waals surface area contributed by atoms with Crippen molar-refractivity contribution in [1.82, 2.24) is 0 Å². The average Bonchev–Trinajstić information content (AvgIpc) is 3.51. The van der Waals surface area contributed by atoms with Crippen LogP contribution in [0.1, 0.15) is 64.8 Å². The first-order chi connectivity index (χ1) is 26.5. The van der Waals surface area contributed by atoms with E-state index >= 15 is 0 Å². The van der Waals surface area contributed by atoms with Gasteiger partial charge in [0.15, 0.2) is 0 Å². The van der Waals surface area contributed by atoms with E-state index in [9.17, 15) is 0 Å². The van der Waals surface area contributed by atoms with Crippen LogP contribution < -0.4 is 4.90 Å². The number of aryl methyl sites for hydroxylation is 1. The summed E-state index contributed by atoms with van der Waals surface area (Å²) >= 11 is 0. The highest BCUT2D eigenvalue weighted by Crippen LogP contribution is 2.62. The molecule has 0 fully saturated rings. The van der Waals surface area contributed by atoms with Crippen LogP contribution in [0.2, 0.25) is 0 Å². The quantitative estimate of drug-likeness (QED) is 0.173. The van der Waals surface area contributed by atoms with Gasteiger partial charge in [-0.3, -0.25) is 0 Å². The van der Waals surface area contributed by atoms with E-state index in [2.05, 4.69) is 214 Å². The molecule has 0 saturated heterocycles. The molecule has 260 valence electrons. The van der Waals surface area contributed by atoms with Crippen molar-refractivity contribution in [2.75, 3.05) is 4.90 Å². The Bertz CT molecular complexity index is 2570. The molecule has 0 aromatic heterocycles. The molecule has 1 atom stereocenters. The molecule has 1 nitrogen and oxygen atoms in total. The molecular weight excluding hydrogens is 651 g/mol. The van der Waals surface area contributed by atoms with Crippen molar-refractivity contribution in [2.24, 2.45) is 0 Å². The van der Waals surface area contributed by atoms with Gasteiger partial charge in [-0.1, -0.05) is 178 Å². The third-order valence-corrected chi connectivity index (χ3v) is 12.3. The standard InChI is InChI=1S/C53H43N/c1-36-32-39(37-18-6-4-7-19-37)34-41(33-36)54(51-29-17-11-22-42(51)38-20-8-5-9-21-38)40-30-31-46-44(35-40)43-23-10-12-24-45(43)53(46)49-27-15-13-25-47(49)52(2,3)48-26-14-16-28-50(48)53/h4-28,30-35,51H,29H2,1-3H3. The van der Waals surface area contributed by atoms with Gasteiger partial charge in [-0.05, 0) is 110 Å². The second kappa shape index (κ2) is 12.5. The summed E-state index contributed by atoms with van der Waals surface area (Å²) in [7, 11) is 0. The van der Waals surface area contributed by atoms with Gasteiger partial charge in [-0.15, -0.1) is 0 Å². The van der Waals surface area contributed by atoms with E-state index in [-0.39, 0.29) is 11.5 Å². The molecule has 1 spiro atoms. The zero-order chi connectivity index (χ0) is 36.4. The molecule has 1 unspecified atom stereocenters. The zero-order valence-electron chi connectivity index (χ0n) is 31.1. The summed E-state index contributed by atoms with van der Waals surface area (Å²) in [5, 5.41) is 0. The van der Waals surface area contributed by atoms with E-state index in [0.29, 0.717) is 0 Å². The van der Waals surface area contributed by atoms with E-state index in [1.807, 2.05) is 0 Å². The molecule has 0 amide bonds. The minimum Gasteiger partial charge on any atom is -0.334 e. The fourth-order valence-corrected chi connectivity index (χ4v) is 9.99. The minimum atomic E-state index is -0.412. The van der Waals surface area contributed by atoms with Crippen LogP contribution in [0.3, 0.4) is 0 Å². The van der Waals surface area contributed by atoms with Crippen molar-refractivity contribution in [1.29, 1.82) is 0 Å². The number of nitrogens with zero attached hydrogens (tertiary/aromatic N) is 1. The third-order valence-electron chi connectivity index (χ3n) is 12.3. The Morgan fingerprint density at radius 3 is 1.74 bits per heavy atom. The molecule has 0 radical (unpaired) electrons. The summed E-state index contributed by atoms with van der Waals surface area (Å²) in [5.41, 5.74) is 19.1. The summed E-state index contributed by atoms with van der Waals surface area (Å²) in [4.78, 5) is 2.61. The molecular formula is C53H43N. The highest BCUT2D eigenvalue weighted by atomic mass is 15.2. The van der Waals surface area contributed by atoms with Crippen molar-refractivity contribution in [3.05, 3.63) is 233 Å². The Balaban J connectivity index is 1.23. The second-order valence-electron chi connectivity index (χ2n) is 15.7. The van der Waals surface area contributed by atoms with E-state index in [1.165, 1.54) is 83.7 Å². The van der Waals surface area contributed by atoms with Crippen LogP contribution in [0, 0.1) is 6.92 Å². The topological polar surface area (TPSA) is 3.24 Å². The predicted octanol–water partition coefficient (Wildman–Crippen LogP) is 13.2. The van der Waals surface area contributed by atoms with Gasteiger partial charge in [0, 0.05) is 16.8 Å². The molecule has 3 aliphatic rings. The lowest BCUT2D eigenvalue weighted by Crippen LogP contribution is -2.40. The van der Waals surface area contributed by atoms with Crippen molar-refractivity contribution in [3.63, 3.8) is 0 Å². The van der Waals surface area contributed by atoms with Crippen LogP contribution in [0.25, 0.3) is 27.8 Å². The Morgan fingerprint density at radius 1 is 0.481 bits per heavy atom. The van der Waals surface area contributed by atoms with Crippen molar-refractivity contribution < 1.29 is 0 Å². The number of fused-ring (bicyclic) bond motifs is 9. The van der Waals surface area contributed by atoms with Crippen LogP contribution >= 0.6 is 0 Å². The van der Waals surface area contributed by atoms with Crippen molar-refractivity contribution in [3.8, 4) is 22.3 Å². The predicted molar refractivity (Wildman–Crippen MR) is 227 cm³/mol. The first-order valence-corrected chi connectivity index (χ1v) is 19.3. The summed E-state index contributed by atoms with van der Waals surface area (Å²) in [6, 6.07) is 63.8. The number of rotatable bonds is 5. The molecule has 7 aromatic carbocycles. The Kier molecular flexibility index (Phi) is 7.49. The van der Waals surface area contributed by atoms with Crippen LogP contribution in [0.15, 0.2) is 188 Å². The third kappa shape index (κ3) is 4.78. The highest BCUT2D eigenvalue weighted by molar-refractivity contribution is 5.91. The Morgan fingerprint density at radius 2 is 1.06 bits per heavy atom. The molecule has 0 bridgehead atoms. The first kappa shape index (κ1) is 32.5. The van der Waals surface area contributed by atoms with Crippen LogP contribution in [-0.2, 0) is 10.8 Å². The number of hydrogen-bond donors (Lipinski definition) is 0. The fraction of sp³-hybridized carbons (Fsp3) is 0.132. The Hall–Kier alpha value is -6.18. The maximum absolute atomic E-state index is 2.61. The molecule has 0 N–H and O–H groups in total. The SMILES string of the molecule is Cc1cc(-c2ccccc2)cc(N(c2ccc3c(c2)-c2ccccc2C32c3ccccc3C(C)(C)c3ccccc32)C2CC=CC=C2c2ccccc2)c1. The van der Waals surface area contributed by atoms with Gasteiger partial charge >= 0.3 is 0 Å². The lowest BCUT2D eigenvalue weighted by atomic mass is 9.55. The molecule has 10 rings (SSSR count). The zero-order valence-corrected chi connectivity index (χ0v) is 31.1. The number of hydrogen-bond acceptors (Lipinski definition) is 1. The Labute approximate surface area is 319 Å². The van der Waals surface area contributed by atoms with Crippen molar-refractivity contribution >= 4 is 16.9 Å². The van der Waals surface area contributed by atoms with Crippen LogP contribution in [0.5, 0.6) is 0 Å². The molecule has 7 aromatic rings. The molecule has 54 heavy (non-hydrogen) atoms. The first-order valence-electron chi connectivity index (χ1n) is 19.3. The van der Waals surface area contributed by atoms with Crippen LogP contribution in [0.4, 0.5) is 11.4 Å². The molecule has 0 aliphatic heterocycles. The lowest BCUT2D eigenvalue weighted by molar-refractivity contribution is 0.563. The average molecular weight is 694 g/mol.